The van der Waals surface area contributed by atoms with Gasteiger partial charge in [0.2, 0.25) is 0 Å². The molecule has 106 valence electrons. The normalized spacial score (nSPS) is 25.3. The van der Waals surface area contributed by atoms with Crippen LogP contribution in [0.2, 0.25) is 0 Å². The molecular formula is C14H27NO2S. The molecule has 1 aliphatic rings. The zero-order chi connectivity index (χ0) is 13.8. The molecule has 0 aromatic rings. The molecule has 2 atom stereocenters. The van der Waals surface area contributed by atoms with Crippen LogP contribution in [0.3, 0.4) is 0 Å². The number of hydrogen-bond acceptors (Lipinski definition) is 3. The molecule has 0 aromatic carbocycles. The van der Waals surface area contributed by atoms with E-state index in [1.165, 1.54) is 18.4 Å². The first-order valence-electron chi connectivity index (χ1n) is 6.91. The monoisotopic (exact) mass is 273 g/mol. The molecule has 0 N–H and O–H groups in total. The molecule has 0 aliphatic heterocycles. The molecule has 0 fully saturated rings. The maximum atomic E-state index is 11.5. The molecule has 1 aliphatic carbocycles. The standard InChI is InChI=1S/C14H27NO2S/c1-5-18(16,17)10-9-15(4)11-14-12(2)7-6-8-13(14)3/h7,13-14H,5-6,8-11H2,1-4H3. The van der Waals surface area contributed by atoms with Gasteiger partial charge in [0, 0.05) is 18.8 Å². The predicted molar refractivity (Wildman–Crippen MR) is 77.5 cm³/mol. The summed E-state index contributed by atoms with van der Waals surface area (Å²) in [5.41, 5.74) is 1.47. The van der Waals surface area contributed by atoms with Crippen molar-refractivity contribution in [2.75, 3.05) is 31.6 Å². The van der Waals surface area contributed by atoms with E-state index in [-0.39, 0.29) is 11.5 Å². The highest BCUT2D eigenvalue weighted by molar-refractivity contribution is 7.91. The molecule has 4 heteroatoms. The van der Waals surface area contributed by atoms with Gasteiger partial charge in [-0.05, 0) is 38.6 Å². The van der Waals surface area contributed by atoms with Crippen molar-refractivity contribution < 1.29 is 8.42 Å². The van der Waals surface area contributed by atoms with Gasteiger partial charge < -0.3 is 4.90 Å². The maximum Gasteiger partial charge on any atom is 0.151 e. The first-order valence-corrected chi connectivity index (χ1v) is 8.73. The summed E-state index contributed by atoms with van der Waals surface area (Å²) in [5, 5.41) is 0. The molecule has 0 aromatic heterocycles. The fourth-order valence-electron chi connectivity index (χ4n) is 2.57. The molecule has 0 bridgehead atoms. The Hall–Kier alpha value is -0.350. The van der Waals surface area contributed by atoms with Crippen LogP contribution in [0.25, 0.3) is 0 Å². The number of rotatable bonds is 6. The van der Waals surface area contributed by atoms with Gasteiger partial charge in [-0.2, -0.15) is 0 Å². The number of sulfone groups is 1. The fourth-order valence-corrected chi connectivity index (χ4v) is 3.44. The molecule has 0 saturated carbocycles. The van der Waals surface area contributed by atoms with Crippen LogP contribution in [0.15, 0.2) is 11.6 Å². The highest BCUT2D eigenvalue weighted by atomic mass is 32.2. The van der Waals surface area contributed by atoms with Crippen LogP contribution in [-0.4, -0.2) is 45.0 Å². The molecular weight excluding hydrogens is 246 g/mol. The van der Waals surface area contributed by atoms with Crippen LogP contribution in [0.1, 0.15) is 33.6 Å². The zero-order valence-electron chi connectivity index (χ0n) is 12.1. The number of allylic oxidation sites excluding steroid dienone is 1. The fraction of sp³-hybridized carbons (Fsp3) is 0.857. The molecule has 18 heavy (non-hydrogen) atoms. The van der Waals surface area contributed by atoms with Gasteiger partial charge in [-0.3, -0.25) is 0 Å². The Morgan fingerprint density at radius 3 is 2.67 bits per heavy atom. The quantitative estimate of drug-likeness (QED) is 0.697. The number of nitrogens with zero attached hydrogens (tertiary/aromatic N) is 1. The van der Waals surface area contributed by atoms with Crippen molar-refractivity contribution >= 4 is 9.84 Å². The van der Waals surface area contributed by atoms with Crippen LogP contribution in [-0.2, 0) is 9.84 Å². The summed E-state index contributed by atoms with van der Waals surface area (Å²) in [5.74, 6) is 1.83. The Morgan fingerprint density at radius 2 is 2.11 bits per heavy atom. The third-order valence-corrected chi connectivity index (χ3v) is 5.78. The minimum Gasteiger partial charge on any atom is -0.305 e. The van der Waals surface area contributed by atoms with Gasteiger partial charge in [-0.15, -0.1) is 0 Å². The van der Waals surface area contributed by atoms with Gasteiger partial charge in [-0.25, -0.2) is 8.42 Å². The van der Waals surface area contributed by atoms with Crippen LogP contribution < -0.4 is 0 Å². The van der Waals surface area contributed by atoms with E-state index >= 15 is 0 Å². The first kappa shape index (κ1) is 15.7. The largest absolute Gasteiger partial charge is 0.305 e. The number of hydrogen-bond donors (Lipinski definition) is 0. The van der Waals surface area contributed by atoms with Crippen molar-refractivity contribution in [3.8, 4) is 0 Å². The molecule has 0 amide bonds. The SMILES string of the molecule is CCS(=O)(=O)CCN(C)CC1C(C)=CCCC1C. The summed E-state index contributed by atoms with van der Waals surface area (Å²) in [7, 11) is -0.811. The van der Waals surface area contributed by atoms with Crippen molar-refractivity contribution in [3.63, 3.8) is 0 Å². The third kappa shape index (κ3) is 4.73. The Morgan fingerprint density at radius 1 is 1.44 bits per heavy atom. The van der Waals surface area contributed by atoms with E-state index in [0.29, 0.717) is 18.4 Å². The van der Waals surface area contributed by atoms with Crippen molar-refractivity contribution in [2.45, 2.75) is 33.6 Å². The zero-order valence-corrected chi connectivity index (χ0v) is 13.0. The van der Waals surface area contributed by atoms with Crippen LogP contribution in [0.5, 0.6) is 0 Å². The minimum absolute atomic E-state index is 0.250. The summed E-state index contributed by atoms with van der Waals surface area (Å²) in [6.07, 6.45) is 4.78. The van der Waals surface area contributed by atoms with E-state index < -0.39 is 9.84 Å². The Balaban J connectivity index is 2.47. The van der Waals surface area contributed by atoms with Gasteiger partial charge in [-0.1, -0.05) is 25.5 Å². The molecule has 1 rings (SSSR count). The lowest BCUT2D eigenvalue weighted by Crippen LogP contribution is -2.34. The van der Waals surface area contributed by atoms with Gasteiger partial charge in [0.15, 0.2) is 9.84 Å². The van der Waals surface area contributed by atoms with E-state index in [2.05, 4.69) is 24.8 Å². The molecule has 2 unspecified atom stereocenters. The van der Waals surface area contributed by atoms with Crippen molar-refractivity contribution in [2.24, 2.45) is 11.8 Å². The highest BCUT2D eigenvalue weighted by Gasteiger charge is 2.23. The lowest BCUT2D eigenvalue weighted by Gasteiger charge is -2.32. The van der Waals surface area contributed by atoms with Crippen LogP contribution >= 0.6 is 0 Å². The van der Waals surface area contributed by atoms with Crippen LogP contribution in [0.4, 0.5) is 0 Å². The van der Waals surface area contributed by atoms with Crippen LogP contribution in [0, 0.1) is 11.8 Å². The maximum absolute atomic E-state index is 11.5. The van der Waals surface area contributed by atoms with Crippen molar-refractivity contribution in [3.05, 3.63) is 11.6 Å². The topological polar surface area (TPSA) is 37.4 Å². The second-order valence-electron chi connectivity index (χ2n) is 5.61. The second kappa shape index (κ2) is 6.71. The Kier molecular flexibility index (Phi) is 5.86. The van der Waals surface area contributed by atoms with E-state index in [9.17, 15) is 8.42 Å². The smallest absolute Gasteiger partial charge is 0.151 e. The molecule has 0 heterocycles. The highest BCUT2D eigenvalue weighted by Crippen LogP contribution is 2.30. The summed E-state index contributed by atoms with van der Waals surface area (Å²) in [4.78, 5) is 2.16. The predicted octanol–water partition coefficient (Wildman–Crippen LogP) is 2.35. The summed E-state index contributed by atoms with van der Waals surface area (Å²) in [6, 6.07) is 0. The third-order valence-electron chi connectivity index (χ3n) is 4.09. The van der Waals surface area contributed by atoms with E-state index in [0.717, 1.165) is 6.54 Å². The van der Waals surface area contributed by atoms with Gasteiger partial charge in [0.1, 0.15) is 0 Å². The summed E-state index contributed by atoms with van der Waals surface area (Å²) >= 11 is 0. The molecule has 3 nitrogen and oxygen atoms in total. The molecule has 0 radical (unpaired) electrons. The van der Waals surface area contributed by atoms with Crippen molar-refractivity contribution in [1.29, 1.82) is 0 Å². The van der Waals surface area contributed by atoms with Gasteiger partial charge in [0.05, 0.1) is 5.75 Å². The molecule has 0 saturated heterocycles. The average Bonchev–Trinajstić information content (AvgIpc) is 2.32. The van der Waals surface area contributed by atoms with E-state index in [4.69, 9.17) is 0 Å². The lowest BCUT2D eigenvalue weighted by atomic mass is 9.80. The second-order valence-corrected chi connectivity index (χ2v) is 8.08. The van der Waals surface area contributed by atoms with Gasteiger partial charge in [0.25, 0.3) is 0 Å². The van der Waals surface area contributed by atoms with Crippen molar-refractivity contribution in [1.82, 2.24) is 4.90 Å². The van der Waals surface area contributed by atoms with Gasteiger partial charge >= 0.3 is 0 Å². The van der Waals surface area contributed by atoms with E-state index in [1.54, 1.807) is 6.92 Å². The molecule has 0 spiro atoms. The minimum atomic E-state index is -2.84. The summed E-state index contributed by atoms with van der Waals surface area (Å²) in [6.45, 7) is 7.84. The van der Waals surface area contributed by atoms with E-state index in [1.807, 2.05) is 7.05 Å². The summed E-state index contributed by atoms with van der Waals surface area (Å²) < 4.78 is 23.0. The first-order chi connectivity index (χ1) is 8.35. The Labute approximate surface area is 112 Å². The Bertz CT molecular complexity index is 387. The lowest BCUT2D eigenvalue weighted by molar-refractivity contribution is 0.248. The average molecular weight is 273 g/mol.